The molecule has 4 nitrogen and oxygen atoms in total. The maximum Gasteiger partial charge on any atom is 0.247 e. The highest BCUT2D eigenvalue weighted by Crippen LogP contribution is 2.34. The van der Waals surface area contributed by atoms with Gasteiger partial charge in [0.25, 0.3) is 0 Å². The number of nitrogens with two attached hydrogens (primary N) is 1. The third kappa shape index (κ3) is 2.93. The van der Waals surface area contributed by atoms with Gasteiger partial charge >= 0.3 is 0 Å². The van der Waals surface area contributed by atoms with Crippen LogP contribution in [-0.4, -0.2) is 9.97 Å². The first-order valence-corrected chi connectivity index (χ1v) is 6.86. The summed E-state index contributed by atoms with van der Waals surface area (Å²) in [4.78, 5) is 7.91. The van der Waals surface area contributed by atoms with Crippen molar-refractivity contribution < 1.29 is 4.74 Å². The zero-order valence-electron chi connectivity index (χ0n) is 9.25. The summed E-state index contributed by atoms with van der Waals surface area (Å²) < 4.78 is 7.35. The number of ether oxygens (including phenoxy) is 1. The van der Waals surface area contributed by atoms with Gasteiger partial charge in [-0.05, 0) is 52.7 Å². The van der Waals surface area contributed by atoms with Crippen LogP contribution in [0.2, 0.25) is 5.28 Å². The van der Waals surface area contributed by atoms with Crippen LogP contribution in [0.4, 0.5) is 5.69 Å². The molecule has 2 aromatic rings. The number of anilines is 1. The van der Waals surface area contributed by atoms with E-state index in [-0.39, 0.29) is 11.2 Å². The Morgan fingerprint density at radius 3 is 2.67 bits per heavy atom. The van der Waals surface area contributed by atoms with E-state index in [0.717, 1.165) is 8.95 Å². The quantitative estimate of drug-likeness (QED) is 0.771. The molecule has 0 aliphatic rings. The summed E-state index contributed by atoms with van der Waals surface area (Å²) in [5.41, 5.74) is 6.80. The third-order valence-corrected chi connectivity index (χ3v) is 3.46. The molecule has 94 valence electrons. The Balaban J connectivity index is 2.40. The van der Waals surface area contributed by atoms with Crippen molar-refractivity contribution in [2.45, 2.75) is 6.92 Å². The molecule has 0 fully saturated rings. The largest absolute Gasteiger partial charge is 0.436 e. The lowest BCUT2D eigenvalue weighted by Crippen LogP contribution is -2.01. The molecular formula is C11H8Br2ClN3O. The van der Waals surface area contributed by atoms with E-state index in [0.29, 0.717) is 17.1 Å². The van der Waals surface area contributed by atoms with E-state index in [4.69, 9.17) is 22.1 Å². The van der Waals surface area contributed by atoms with Gasteiger partial charge in [-0.15, -0.1) is 0 Å². The monoisotopic (exact) mass is 391 g/mol. The molecule has 1 aromatic heterocycles. The summed E-state index contributed by atoms with van der Waals surface area (Å²) >= 11 is 12.5. The predicted molar refractivity (Wildman–Crippen MR) is 78.1 cm³/mol. The number of nitrogen functional groups attached to an aromatic ring is 1. The van der Waals surface area contributed by atoms with E-state index in [9.17, 15) is 0 Å². The summed E-state index contributed by atoms with van der Waals surface area (Å²) in [7, 11) is 0. The van der Waals surface area contributed by atoms with E-state index in [1.165, 1.54) is 0 Å². The number of nitrogens with zero attached hydrogens (tertiary/aromatic N) is 2. The smallest absolute Gasteiger partial charge is 0.247 e. The number of aryl methyl sites for hydroxylation is 1. The van der Waals surface area contributed by atoms with Crippen LogP contribution in [0.3, 0.4) is 0 Å². The molecule has 0 aliphatic carbocycles. The van der Waals surface area contributed by atoms with Gasteiger partial charge in [0.2, 0.25) is 11.2 Å². The molecule has 0 saturated carbocycles. The second-order valence-corrected chi connectivity index (χ2v) is 5.58. The van der Waals surface area contributed by atoms with Crippen LogP contribution < -0.4 is 10.5 Å². The summed E-state index contributed by atoms with van der Waals surface area (Å²) in [6.07, 6.45) is 0. The highest BCUT2D eigenvalue weighted by Gasteiger charge is 2.11. The van der Waals surface area contributed by atoms with Gasteiger partial charge < -0.3 is 10.5 Å². The second kappa shape index (κ2) is 5.42. The van der Waals surface area contributed by atoms with Gasteiger partial charge in [0.15, 0.2) is 0 Å². The molecule has 0 aliphatic heterocycles. The Morgan fingerprint density at radius 1 is 1.28 bits per heavy atom. The Morgan fingerprint density at radius 2 is 2.00 bits per heavy atom. The van der Waals surface area contributed by atoms with Crippen LogP contribution in [0.1, 0.15) is 5.69 Å². The van der Waals surface area contributed by atoms with Gasteiger partial charge in [-0.2, -0.15) is 4.98 Å². The van der Waals surface area contributed by atoms with Crippen LogP contribution in [0.5, 0.6) is 11.6 Å². The minimum Gasteiger partial charge on any atom is -0.436 e. The predicted octanol–water partition coefficient (Wildman–Crippen LogP) is 4.34. The molecule has 0 spiro atoms. The normalized spacial score (nSPS) is 10.4. The summed E-state index contributed by atoms with van der Waals surface area (Å²) in [5, 5.41) is 0.102. The zero-order valence-corrected chi connectivity index (χ0v) is 13.2. The molecule has 2 N–H and O–H groups in total. The molecular weight excluding hydrogens is 385 g/mol. The molecule has 7 heteroatoms. The van der Waals surface area contributed by atoms with Crippen molar-refractivity contribution in [3.05, 3.63) is 38.1 Å². The zero-order chi connectivity index (χ0) is 13.3. The molecule has 0 amide bonds. The molecule has 18 heavy (non-hydrogen) atoms. The maximum absolute atomic E-state index is 5.85. The van der Waals surface area contributed by atoms with Crippen LogP contribution in [0, 0.1) is 6.92 Å². The number of benzene rings is 1. The van der Waals surface area contributed by atoms with Gasteiger partial charge in [-0.3, -0.25) is 0 Å². The highest BCUT2D eigenvalue weighted by atomic mass is 79.9. The van der Waals surface area contributed by atoms with Crippen molar-refractivity contribution in [1.82, 2.24) is 9.97 Å². The van der Waals surface area contributed by atoms with Crippen LogP contribution in [0.15, 0.2) is 27.1 Å². The SMILES string of the molecule is Cc1nc(Cl)nc(Oc2ccc(Br)cc2Br)c1N. The van der Waals surface area contributed by atoms with Crippen LogP contribution in [-0.2, 0) is 0 Å². The first-order chi connectivity index (χ1) is 8.47. The van der Waals surface area contributed by atoms with Crippen molar-refractivity contribution in [3.8, 4) is 11.6 Å². The second-order valence-electron chi connectivity index (χ2n) is 3.47. The first kappa shape index (κ1) is 13.6. The number of halogens is 3. The van der Waals surface area contributed by atoms with Gasteiger partial charge in [0.05, 0.1) is 10.2 Å². The molecule has 0 saturated heterocycles. The molecule has 0 radical (unpaired) electrons. The molecule has 1 aromatic carbocycles. The highest BCUT2D eigenvalue weighted by molar-refractivity contribution is 9.11. The average Bonchev–Trinajstić information content (AvgIpc) is 2.29. The average molecular weight is 393 g/mol. The van der Waals surface area contributed by atoms with Crippen molar-refractivity contribution >= 4 is 49.1 Å². The fourth-order valence-electron chi connectivity index (χ4n) is 1.26. The summed E-state index contributed by atoms with van der Waals surface area (Å²) in [6.45, 7) is 1.74. The Hall–Kier alpha value is -0.850. The molecule has 2 rings (SSSR count). The van der Waals surface area contributed by atoms with E-state index in [1.54, 1.807) is 13.0 Å². The lowest BCUT2D eigenvalue weighted by Gasteiger charge is -2.10. The number of aromatic nitrogens is 2. The minimum absolute atomic E-state index is 0.102. The fourth-order valence-corrected chi connectivity index (χ4v) is 2.59. The number of hydrogen-bond acceptors (Lipinski definition) is 4. The summed E-state index contributed by atoms with van der Waals surface area (Å²) in [5.74, 6) is 0.842. The molecule has 0 bridgehead atoms. The molecule has 0 atom stereocenters. The van der Waals surface area contributed by atoms with Gasteiger partial charge in [0.1, 0.15) is 11.4 Å². The van der Waals surface area contributed by atoms with E-state index in [2.05, 4.69) is 41.8 Å². The maximum atomic E-state index is 5.85. The first-order valence-electron chi connectivity index (χ1n) is 4.90. The standard InChI is InChI=1S/C11H8Br2ClN3O/c1-5-9(15)10(17-11(14)16-5)18-8-3-2-6(12)4-7(8)13/h2-4H,15H2,1H3. The topological polar surface area (TPSA) is 61.0 Å². The minimum atomic E-state index is 0.102. The Labute approximate surface area is 126 Å². The lowest BCUT2D eigenvalue weighted by atomic mass is 10.3. The summed E-state index contributed by atoms with van der Waals surface area (Å²) in [6, 6.07) is 5.51. The fraction of sp³-hybridized carbons (Fsp3) is 0.0909. The molecule has 1 heterocycles. The van der Waals surface area contributed by atoms with Crippen molar-refractivity contribution in [2.75, 3.05) is 5.73 Å². The van der Waals surface area contributed by atoms with Crippen molar-refractivity contribution in [3.63, 3.8) is 0 Å². The van der Waals surface area contributed by atoms with Gasteiger partial charge in [0, 0.05) is 4.47 Å². The van der Waals surface area contributed by atoms with Gasteiger partial charge in [-0.25, -0.2) is 4.98 Å². The van der Waals surface area contributed by atoms with Crippen molar-refractivity contribution in [1.29, 1.82) is 0 Å². The third-order valence-electron chi connectivity index (χ3n) is 2.17. The van der Waals surface area contributed by atoms with E-state index >= 15 is 0 Å². The Kier molecular flexibility index (Phi) is 4.09. The van der Waals surface area contributed by atoms with E-state index < -0.39 is 0 Å². The Bertz CT molecular complexity index is 607. The van der Waals surface area contributed by atoms with Crippen LogP contribution in [0.25, 0.3) is 0 Å². The lowest BCUT2D eigenvalue weighted by molar-refractivity contribution is 0.461. The number of hydrogen-bond donors (Lipinski definition) is 1. The van der Waals surface area contributed by atoms with Crippen molar-refractivity contribution in [2.24, 2.45) is 0 Å². The van der Waals surface area contributed by atoms with Gasteiger partial charge in [-0.1, -0.05) is 15.9 Å². The molecule has 0 unspecified atom stereocenters. The van der Waals surface area contributed by atoms with Crippen LogP contribution >= 0.6 is 43.5 Å². The van der Waals surface area contributed by atoms with E-state index in [1.807, 2.05) is 12.1 Å². The number of rotatable bonds is 2.